The van der Waals surface area contributed by atoms with E-state index < -0.39 is 0 Å². The van der Waals surface area contributed by atoms with Crippen LogP contribution < -0.4 is 5.32 Å². The van der Waals surface area contributed by atoms with Crippen LogP contribution in [0.15, 0.2) is 12.1 Å². The van der Waals surface area contributed by atoms with E-state index in [1.54, 1.807) is 13.0 Å². The molecule has 0 fully saturated rings. The van der Waals surface area contributed by atoms with Crippen LogP contribution in [0.5, 0.6) is 0 Å². The normalized spacial score (nSPS) is 10.6. The van der Waals surface area contributed by atoms with Crippen molar-refractivity contribution in [2.75, 3.05) is 5.32 Å². The molecule has 0 bridgehead atoms. The number of nitrogens with one attached hydrogen (secondary N) is 1. The Kier molecular flexibility index (Phi) is 4.13. The van der Waals surface area contributed by atoms with Crippen molar-refractivity contribution < 1.29 is 4.79 Å². The van der Waals surface area contributed by atoms with E-state index in [0.29, 0.717) is 32.0 Å². The number of carbonyl (C=O) groups is 1. The van der Waals surface area contributed by atoms with Crippen LogP contribution in [0.1, 0.15) is 28.5 Å². The lowest BCUT2D eigenvalue weighted by molar-refractivity contribution is 0.101. The molecular formula is C13H12Cl2N2OS. The molecule has 2 aromatic rings. The number of nitrogens with zero attached hydrogens (tertiary/aromatic N) is 1. The number of carbonyl (C=O) groups excluding carboxylic acids is 1. The Balaban J connectivity index is 2.48. The van der Waals surface area contributed by atoms with Gasteiger partial charge in [0, 0.05) is 0 Å². The smallest absolute Gasteiger partial charge is 0.164 e. The summed E-state index contributed by atoms with van der Waals surface area (Å²) in [6, 6.07) is 3.62. The van der Waals surface area contributed by atoms with Gasteiger partial charge in [0.2, 0.25) is 0 Å². The Labute approximate surface area is 125 Å². The Bertz CT molecular complexity index is 652. The number of aromatic nitrogens is 1. The topological polar surface area (TPSA) is 42.0 Å². The van der Waals surface area contributed by atoms with Gasteiger partial charge in [-0.15, -0.1) is 0 Å². The zero-order valence-electron chi connectivity index (χ0n) is 10.7. The van der Waals surface area contributed by atoms with Crippen molar-refractivity contribution in [2.45, 2.75) is 20.8 Å². The minimum atomic E-state index is -0.0337. The van der Waals surface area contributed by atoms with Gasteiger partial charge in [-0.1, -0.05) is 29.3 Å². The molecule has 0 radical (unpaired) electrons. The molecule has 0 saturated carbocycles. The van der Waals surface area contributed by atoms with Crippen LogP contribution in [0, 0.1) is 13.8 Å². The highest BCUT2D eigenvalue weighted by atomic mass is 35.5. The molecule has 0 unspecified atom stereocenters. The molecule has 0 amide bonds. The monoisotopic (exact) mass is 314 g/mol. The summed E-state index contributed by atoms with van der Waals surface area (Å²) in [5.74, 6) is -0.0337. The van der Waals surface area contributed by atoms with Crippen molar-refractivity contribution >= 4 is 51.2 Å². The van der Waals surface area contributed by atoms with Crippen LogP contribution >= 0.6 is 34.7 Å². The van der Waals surface area contributed by atoms with Crippen molar-refractivity contribution in [1.29, 1.82) is 0 Å². The Morgan fingerprint density at radius 1 is 1.32 bits per heavy atom. The Morgan fingerprint density at radius 2 is 2.00 bits per heavy atom. The van der Waals surface area contributed by atoms with E-state index >= 15 is 0 Å². The van der Waals surface area contributed by atoms with Gasteiger partial charge < -0.3 is 5.32 Å². The minimum Gasteiger partial charge on any atom is -0.343 e. The van der Waals surface area contributed by atoms with Crippen LogP contribution in [0.2, 0.25) is 10.0 Å². The maximum atomic E-state index is 11.6. The molecular weight excluding hydrogens is 303 g/mol. The van der Waals surface area contributed by atoms with Gasteiger partial charge in [-0.05, 0) is 43.9 Å². The number of Topliss-reactive ketones (excluding diaryl/α,β-unsaturated/α-hetero) is 1. The number of ketones is 1. The third kappa shape index (κ3) is 2.76. The van der Waals surface area contributed by atoms with Crippen LogP contribution in [0.4, 0.5) is 10.7 Å². The summed E-state index contributed by atoms with van der Waals surface area (Å²) in [4.78, 5) is 11.6. The predicted octanol–water partition coefficient (Wildman–Crippen LogP) is 5.01. The fraction of sp³-hybridized carbons (Fsp3) is 0.231. The average molecular weight is 315 g/mol. The minimum absolute atomic E-state index is 0.0337. The van der Waals surface area contributed by atoms with E-state index in [4.69, 9.17) is 23.2 Å². The van der Waals surface area contributed by atoms with Crippen LogP contribution in [-0.4, -0.2) is 10.2 Å². The Morgan fingerprint density at radius 3 is 2.63 bits per heavy atom. The molecule has 1 N–H and O–H groups in total. The number of halogens is 2. The maximum Gasteiger partial charge on any atom is 0.164 e. The molecule has 1 heterocycles. The van der Waals surface area contributed by atoms with E-state index in [2.05, 4.69) is 9.69 Å². The SMILES string of the molecule is CC(=O)c1c(C)nsc1Nc1c(Cl)ccc(C)c1Cl. The van der Waals surface area contributed by atoms with Gasteiger partial charge in [0.25, 0.3) is 0 Å². The van der Waals surface area contributed by atoms with Crippen molar-refractivity contribution in [3.63, 3.8) is 0 Å². The van der Waals surface area contributed by atoms with Gasteiger partial charge in [0.05, 0.1) is 27.0 Å². The van der Waals surface area contributed by atoms with Crippen LogP contribution in [0.3, 0.4) is 0 Å². The highest BCUT2D eigenvalue weighted by molar-refractivity contribution is 7.10. The van der Waals surface area contributed by atoms with Crippen molar-refractivity contribution in [3.05, 3.63) is 39.0 Å². The Hall–Kier alpha value is -1.10. The van der Waals surface area contributed by atoms with Gasteiger partial charge in [0.1, 0.15) is 5.00 Å². The van der Waals surface area contributed by atoms with Gasteiger partial charge in [-0.25, -0.2) is 0 Å². The standard InChI is InChI=1S/C13H12Cl2N2OS/c1-6-4-5-9(14)12(11(6)15)16-13-10(8(3)18)7(2)17-19-13/h4-5,16H,1-3H3. The molecule has 19 heavy (non-hydrogen) atoms. The van der Waals surface area contributed by atoms with Crippen molar-refractivity contribution in [3.8, 4) is 0 Å². The van der Waals surface area contributed by atoms with Gasteiger partial charge >= 0.3 is 0 Å². The van der Waals surface area contributed by atoms with Crippen molar-refractivity contribution in [1.82, 2.24) is 4.37 Å². The summed E-state index contributed by atoms with van der Waals surface area (Å²) in [5.41, 5.74) is 2.81. The number of anilines is 2. The highest BCUT2D eigenvalue weighted by Crippen LogP contribution is 2.37. The largest absolute Gasteiger partial charge is 0.343 e. The number of rotatable bonds is 3. The van der Waals surface area contributed by atoms with Crippen LogP contribution in [-0.2, 0) is 0 Å². The molecule has 3 nitrogen and oxygen atoms in total. The fourth-order valence-electron chi connectivity index (χ4n) is 1.75. The number of benzene rings is 1. The number of hydrogen-bond acceptors (Lipinski definition) is 4. The summed E-state index contributed by atoms with van der Waals surface area (Å²) in [6.07, 6.45) is 0. The molecule has 100 valence electrons. The summed E-state index contributed by atoms with van der Waals surface area (Å²) in [6.45, 7) is 5.22. The molecule has 6 heteroatoms. The van der Waals surface area contributed by atoms with E-state index in [0.717, 1.165) is 5.56 Å². The lowest BCUT2D eigenvalue weighted by Gasteiger charge is -2.11. The lowest BCUT2D eigenvalue weighted by Crippen LogP contribution is -2.00. The number of aryl methyl sites for hydroxylation is 2. The maximum absolute atomic E-state index is 11.6. The third-order valence-electron chi connectivity index (χ3n) is 2.74. The first-order valence-electron chi connectivity index (χ1n) is 5.60. The second kappa shape index (κ2) is 5.49. The van der Waals surface area contributed by atoms with E-state index in [1.807, 2.05) is 13.0 Å². The first-order valence-corrected chi connectivity index (χ1v) is 7.13. The van der Waals surface area contributed by atoms with E-state index in [-0.39, 0.29) is 5.78 Å². The summed E-state index contributed by atoms with van der Waals surface area (Å²) in [5, 5.41) is 4.85. The molecule has 0 aliphatic heterocycles. The molecule has 1 aromatic carbocycles. The summed E-state index contributed by atoms with van der Waals surface area (Å²) in [7, 11) is 0. The zero-order valence-corrected chi connectivity index (χ0v) is 13.0. The lowest BCUT2D eigenvalue weighted by atomic mass is 10.1. The molecule has 0 aliphatic carbocycles. The second-order valence-electron chi connectivity index (χ2n) is 4.21. The predicted molar refractivity (Wildman–Crippen MR) is 81.3 cm³/mol. The van der Waals surface area contributed by atoms with E-state index in [9.17, 15) is 4.79 Å². The quantitative estimate of drug-likeness (QED) is 0.809. The molecule has 0 aliphatic rings. The number of hydrogen-bond donors (Lipinski definition) is 1. The average Bonchev–Trinajstić information content (AvgIpc) is 2.71. The first-order chi connectivity index (χ1) is 8.91. The molecule has 0 spiro atoms. The molecule has 2 rings (SSSR count). The van der Waals surface area contributed by atoms with Crippen molar-refractivity contribution in [2.24, 2.45) is 0 Å². The third-order valence-corrected chi connectivity index (χ3v) is 4.39. The van der Waals surface area contributed by atoms with Gasteiger partial charge in [0.15, 0.2) is 5.78 Å². The molecule has 0 atom stereocenters. The molecule has 0 saturated heterocycles. The van der Waals surface area contributed by atoms with Gasteiger partial charge in [-0.3, -0.25) is 4.79 Å². The first kappa shape index (κ1) is 14.3. The fourth-order valence-corrected chi connectivity index (χ4v) is 3.07. The summed E-state index contributed by atoms with van der Waals surface area (Å²) < 4.78 is 4.19. The second-order valence-corrected chi connectivity index (χ2v) is 5.77. The molecule has 1 aromatic heterocycles. The van der Waals surface area contributed by atoms with Crippen LogP contribution in [0.25, 0.3) is 0 Å². The van der Waals surface area contributed by atoms with E-state index in [1.165, 1.54) is 18.5 Å². The summed E-state index contributed by atoms with van der Waals surface area (Å²) >= 11 is 13.6. The zero-order chi connectivity index (χ0) is 14.2. The van der Waals surface area contributed by atoms with Gasteiger partial charge in [-0.2, -0.15) is 4.37 Å². The highest BCUT2D eigenvalue weighted by Gasteiger charge is 2.17.